The van der Waals surface area contributed by atoms with Gasteiger partial charge in [-0.3, -0.25) is 0 Å². The minimum Gasteiger partial charge on any atom is -0.376 e. The summed E-state index contributed by atoms with van der Waals surface area (Å²) in [5.74, 6) is 0.669. The maximum absolute atomic E-state index is 5.97. The third kappa shape index (κ3) is 4.41. The van der Waals surface area contributed by atoms with Gasteiger partial charge in [0.05, 0.1) is 13.2 Å². The molecule has 17 heavy (non-hydrogen) atoms. The minimum absolute atomic E-state index is 0.144. The molecule has 0 aromatic heterocycles. The lowest BCUT2D eigenvalue weighted by Crippen LogP contribution is -2.57. The van der Waals surface area contributed by atoms with Crippen LogP contribution in [-0.2, 0) is 4.74 Å². The van der Waals surface area contributed by atoms with Crippen molar-refractivity contribution in [1.82, 2.24) is 5.32 Å². The summed E-state index contributed by atoms with van der Waals surface area (Å²) in [5.41, 5.74) is 7.19. The molecular formula is C14H28N2O. The van der Waals surface area contributed by atoms with Crippen LogP contribution in [0, 0.1) is 5.92 Å². The minimum atomic E-state index is 0.144. The lowest BCUT2D eigenvalue weighted by atomic mass is 9.73. The summed E-state index contributed by atoms with van der Waals surface area (Å²) in [5, 5.41) is 3.63. The fourth-order valence-corrected chi connectivity index (χ4v) is 2.67. The first-order valence-corrected chi connectivity index (χ1v) is 6.78. The smallest absolute Gasteiger partial charge is 0.0672 e. The summed E-state index contributed by atoms with van der Waals surface area (Å²) in [6.07, 6.45) is 5.12. The first kappa shape index (κ1) is 14.7. The zero-order valence-corrected chi connectivity index (χ0v) is 11.4. The van der Waals surface area contributed by atoms with Gasteiger partial charge < -0.3 is 15.8 Å². The average Bonchev–Trinajstić information content (AvgIpc) is 2.31. The van der Waals surface area contributed by atoms with Crippen molar-refractivity contribution in [3.8, 4) is 0 Å². The van der Waals surface area contributed by atoms with Crippen molar-refractivity contribution < 1.29 is 4.74 Å². The molecule has 0 spiro atoms. The number of hydrogen-bond donors (Lipinski definition) is 2. The largest absolute Gasteiger partial charge is 0.376 e. The molecule has 0 amide bonds. The van der Waals surface area contributed by atoms with E-state index in [1.54, 1.807) is 0 Å². The zero-order valence-electron chi connectivity index (χ0n) is 11.4. The van der Waals surface area contributed by atoms with Gasteiger partial charge in [-0.25, -0.2) is 0 Å². The third-order valence-corrected chi connectivity index (χ3v) is 3.89. The van der Waals surface area contributed by atoms with Gasteiger partial charge in [-0.2, -0.15) is 0 Å². The van der Waals surface area contributed by atoms with Gasteiger partial charge in [-0.05, 0) is 25.7 Å². The number of ether oxygens (including phenoxy) is 1. The Morgan fingerprint density at radius 2 is 2.29 bits per heavy atom. The average molecular weight is 240 g/mol. The SMILES string of the molecule is C=C(C)COCCNC1(CN)CCCCC1C. The molecule has 1 fully saturated rings. The van der Waals surface area contributed by atoms with Crippen LogP contribution >= 0.6 is 0 Å². The molecule has 2 atom stereocenters. The van der Waals surface area contributed by atoms with E-state index in [2.05, 4.69) is 18.8 Å². The summed E-state index contributed by atoms with van der Waals surface area (Å²) in [4.78, 5) is 0. The van der Waals surface area contributed by atoms with Crippen LogP contribution < -0.4 is 11.1 Å². The molecule has 3 nitrogen and oxygen atoms in total. The Morgan fingerprint density at radius 3 is 2.88 bits per heavy atom. The molecular weight excluding hydrogens is 212 g/mol. The fraction of sp³-hybridized carbons (Fsp3) is 0.857. The number of nitrogens with one attached hydrogen (secondary N) is 1. The van der Waals surface area contributed by atoms with Crippen molar-refractivity contribution in [1.29, 1.82) is 0 Å². The van der Waals surface area contributed by atoms with Crippen molar-refractivity contribution >= 4 is 0 Å². The predicted molar refractivity (Wildman–Crippen MR) is 73.1 cm³/mol. The molecule has 0 saturated heterocycles. The number of rotatable bonds is 7. The van der Waals surface area contributed by atoms with Crippen LogP contribution in [0.4, 0.5) is 0 Å². The van der Waals surface area contributed by atoms with E-state index in [9.17, 15) is 0 Å². The molecule has 1 rings (SSSR count). The van der Waals surface area contributed by atoms with E-state index < -0.39 is 0 Å². The van der Waals surface area contributed by atoms with Crippen molar-refractivity contribution in [2.45, 2.75) is 45.1 Å². The molecule has 3 N–H and O–H groups in total. The summed E-state index contributed by atoms with van der Waals surface area (Å²) in [7, 11) is 0. The fourth-order valence-electron chi connectivity index (χ4n) is 2.67. The molecule has 0 bridgehead atoms. The Labute approximate surface area is 106 Å². The van der Waals surface area contributed by atoms with Crippen LogP contribution in [-0.4, -0.2) is 31.8 Å². The second-order valence-electron chi connectivity index (χ2n) is 5.44. The molecule has 3 heteroatoms. The Morgan fingerprint density at radius 1 is 1.53 bits per heavy atom. The van der Waals surface area contributed by atoms with Crippen molar-refractivity contribution in [3.05, 3.63) is 12.2 Å². The lowest BCUT2D eigenvalue weighted by Gasteiger charge is -2.43. The topological polar surface area (TPSA) is 47.3 Å². The second-order valence-corrected chi connectivity index (χ2v) is 5.44. The molecule has 0 radical (unpaired) electrons. The van der Waals surface area contributed by atoms with E-state index in [0.29, 0.717) is 12.5 Å². The molecule has 1 saturated carbocycles. The van der Waals surface area contributed by atoms with Gasteiger partial charge in [0.15, 0.2) is 0 Å². The van der Waals surface area contributed by atoms with E-state index in [1.165, 1.54) is 25.7 Å². The molecule has 2 unspecified atom stereocenters. The highest BCUT2D eigenvalue weighted by molar-refractivity contribution is 4.96. The summed E-state index contributed by atoms with van der Waals surface area (Å²) < 4.78 is 5.51. The Balaban J connectivity index is 2.28. The molecule has 0 aromatic rings. The van der Waals surface area contributed by atoms with Gasteiger partial charge in [-0.15, -0.1) is 0 Å². The predicted octanol–water partition coefficient (Wildman–Crippen LogP) is 2.08. The Hall–Kier alpha value is -0.380. The highest BCUT2D eigenvalue weighted by atomic mass is 16.5. The molecule has 1 aliphatic rings. The highest BCUT2D eigenvalue weighted by Gasteiger charge is 2.36. The molecule has 100 valence electrons. The van der Waals surface area contributed by atoms with Crippen LogP contribution in [0.1, 0.15) is 39.5 Å². The molecule has 0 aromatic carbocycles. The van der Waals surface area contributed by atoms with Gasteiger partial charge in [0.2, 0.25) is 0 Å². The Kier molecular flexibility index (Phi) is 6.17. The maximum Gasteiger partial charge on any atom is 0.0672 e. The van der Waals surface area contributed by atoms with Gasteiger partial charge in [0.25, 0.3) is 0 Å². The monoisotopic (exact) mass is 240 g/mol. The van der Waals surface area contributed by atoms with E-state index in [0.717, 1.165) is 25.3 Å². The van der Waals surface area contributed by atoms with Crippen LogP contribution in [0.3, 0.4) is 0 Å². The van der Waals surface area contributed by atoms with Crippen molar-refractivity contribution in [2.75, 3.05) is 26.3 Å². The zero-order chi connectivity index (χ0) is 12.7. The van der Waals surface area contributed by atoms with Crippen molar-refractivity contribution in [2.24, 2.45) is 11.7 Å². The van der Waals surface area contributed by atoms with Crippen molar-refractivity contribution in [3.63, 3.8) is 0 Å². The summed E-state index contributed by atoms with van der Waals surface area (Å²) >= 11 is 0. The normalized spacial score (nSPS) is 29.2. The van der Waals surface area contributed by atoms with Gasteiger partial charge in [0.1, 0.15) is 0 Å². The van der Waals surface area contributed by atoms with Gasteiger partial charge in [0, 0.05) is 18.6 Å². The summed E-state index contributed by atoms with van der Waals surface area (Å²) in [6.45, 7) is 11.1. The summed E-state index contributed by atoms with van der Waals surface area (Å²) in [6, 6.07) is 0. The van der Waals surface area contributed by atoms with E-state index in [4.69, 9.17) is 10.5 Å². The maximum atomic E-state index is 5.97. The molecule has 1 aliphatic carbocycles. The number of hydrogen-bond acceptors (Lipinski definition) is 3. The molecule has 0 heterocycles. The van der Waals surface area contributed by atoms with Gasteiger partial charge >= 0.3 is 0 Å². The van der Waals surface area contributed by atoms with Crippen LogP contribution in [0.25, 0.3) is 0 Å². The van der Waals surface area contributed by atoms with Crippen LogP contribution in [0.15, 0.2) is 12.2 Å². The quantitative estimate of drug-likeness (QED) is 0.529. The van der Waals surface area contributed by atoms with Crippen LogP contribution in [0.5, 0.6) is 0 Å². The van der Waals surface area contributed by atoms with Gasteiger partial charge in [-0.1, -0.05) is 31.9 Å². The Bertz CT molecular complexity index is 242. The second kappa shape index (κ2) is 7.14. The van der Waals surface area contributed by atoms with E-state index in [-0.39, 0.29) is 5.54 Å². The van der Waals surface area contributed by atoms with E-state index in [1.807, 2.05) is 6.92 Å². The van der Waals surface area contributed by atoms with E-state index >= 15 is 0 Å². The number of nitrogens with two attached hydrogens (primary N) is 1. The standard InChI is InChI=1S/C14H28N2O/c1-12(2)10-17-9-8-16-14(11-15)7-5-4-6-13(14)3/h13,16H,1,4-11,15H2,2-3H3. The highest BCUT2D eigenvalue weighted by Crippen LogP contribution is 2.32. The van der Waals surface area contributed by atoms with Crippen LogP contribution in [0.2, 0.25) is 0 Å². The molecule has 0 aliphatic heterocycles. The third-order valence-electron chi connectivity index (χ3n) is 3.89. The first-order chi connectivity index (χ1) is 8.10. The first-order valence-electron chi connectivity index (χ1n) is 6.78. The lowest BCUT2D eigenvalue weighted by molar-refractivity contribution is 0.119.